The second kappa shape index (κ2) is 12.2. The van der Waals surface area contributed by atoms with Crippen LogP contribution in [0.25, 0.3) is 28.0 Å². The lowest BCUT2D eigenvalue weighted by molar-refractivity contribution is -0.130. The van der Waals surface area contributed by atoms with Gasteiger partial charge < -0.3 is 19.4 Å². The van der Waals surface area contributed by atoms with Crippen molar-refractivity contribution >= 4 is 34.2 Å². The number of aromatic nitrogens is 2. The summed E-state index contributed by atoms with van der Waals surface area (Å²) in [6, 6.07) is 13.1. The molecule has 4 aromatic rings. The van der Waals surface area contributed by atoms with Crippen LogP contribution < -0.4 is 20.1 Å². The lowest BCUT2D eigenvalue weighted by atomic mass is 9.96. The molecule has 2 aliphatic heterocycles. The maximum absolute atomic E-state index is 15.7. The highest BCUT2D eigenvalue weighted by atomic mass is 19.1. The van der Waals surface area contributed by atoms with E-state index in [1.807, 2.05) is 62.9 Å². The van der Waals surface area contributed by atoms with Crippen LogP contribution in [-0.4, -0.2) is 65.1 Å². The Morgan fingerprint density at radius 3 is 2.55 bits per heavy atom. The first-order chi connectivity index (χ1) is 22.5. The summed E-state index contributed by atoms with van der Waals surface area (Å²) in [6.07, 6.45) is 2.83. The van der Waals surface area contributed by atoms with Crippen LogP contribution in [-0.2, 0) is 9.59 Å². The second-order valence-corrected chi connectivity index (χ2v) is 12.4. The molecule has 0 unspecified atom stereocenters. The van der Waals surface area contributed by atoms with Crippen molar-refractivity contribution in [3.05, 3.63) is 101 Å². The largest absolute Gasteiger partial charge is 0.489 e. The maximum Gasteiger partial charge on any atom is 0.282 e. The van der Waals surface area contributed by atoms with Gasteiger partial charge in [-0.1, -0.05) is 57.3 Å². The number of halogens is 1. The molecule has 9 nitrogen and oxygen atoms in total. The molecule has 4 heterocycles. The van der Waals surface area contributed by atoms with Gasteiger partial charge in [-0.3, -0.25) is 19.0 Å². The molecule has 0 saturated carbocycles. The van der Waals surface area contributed by atoms with Gasteiger partial charge >= 0.3 is 0 Å². The molecule has 0 bridgehead atoms. The average molecular weight is 636 g/mol. The summed E-state index contributed by atoms with van der Waals surface area (Å²) >= 11 is 0. The molecule has 2 aliphatic rings. The normalized spacial score (nSPS) is 17.5. The SMILES string of the molecule is C=CCOc1cccc(F)c1-c1nc2c(cc1C)c1c(c(=O)n2-c2ccccc2C(C)C)N(C)C(=O)[C@H]2CN(C(=O)C=C)[C@H](C)CN12. The molecule has 2 aromatic carbocycles. The Bertz CT molecular complexity index is 2020. The molecule has 0 aliphatic carbocycles. The minimum atomic E-state index is -0.723. The summed E-state index contributed by atoms with van der Waals surface area (Å²) in [5.74, 6) is -0.706. The van der Waals surface area contributed by atoms with E-state index in [-0.39, 0.29) is 48.2 Å². The number of carbonyl (C=O) groups is 2. The summed E-state index contributed by atoms with van der Waals surface area (Å²) in [5, 5.41) is 0.629. The molecule has 2 amide bonds. The van der Waals surface area contributed by atoms with Crippen LogP contribution >= 0.6 is 0 Å². The number of nitrogens with zero attached hydrogens (tertiary/aromatic N) is 5. The number of benzene rings is 2. The van der Waals surface area contributed by atoms with Crippen LogP contribution in [0, 0.1) is 12.7 Å². The first-order valence-electron chi connectivity index (χ1n) is 15.7. The summed E-state index contributed by atoms with van der Waals surface area (Å²) in [6.45, 7) is 15.8. The molecule has 1 saturated heterocycles. The Balaban J connectivity index is 1.72. The number of para-hydroxylation sites is 1. The van der Waals surface area contributed by atoms with Crippen molar-refractivity contribution in [2.45, 2.75) is 45.7 Å². The highest BCUT2D eigenvalue weighted by Crippen LogP contribution is 2.44. The number of ether oxygens (including phenoxy) is 1. The maximum atomic E-state index is 15.7. The zero-order chi connectivity index (χ0) is 33.7. The van der Waals surface area contributed by atoms with E-state index < -0.39 is 17.4 Å². The number of aryl methyl sites for hydroxylation is 1. The molecule has 6 rings (SSSR count). The molecule has 10 heteroatoms. The number of carbonyl (C=O) groups excluding carboxylic acids is 2. The summed E-state index contributed by atoms with van der Waals surface area (Å²) in [7, 11) is 1.60. The number of pyridine rings is 2. The van der Waals surface area contributed by atoms with Crippen molar-refractivity contribution in [2.75, 3.05) is 36.5 Å². The van der Waals surface area contributed by atoms with Gasteiger partial charge in [0.2, 0.25) is 5.91 Å². The van der Waals surface area contributed by atoms with Gasteiger partial charge in [0.15, 0.2) is 0 Å². The number of hydrogen-bond acceptors (Lipinski definition) is 6. The van der Waals surface area contributed by atoms with Gasteiger partial charge in [0, 0.05) is 25.0 Å². The molecular weight excluding hydrogens is 597 g/mol. The standard InChI is InChI=1S/C37H38FN5O4/c1-8-17-47-29-16-12-14-26(38)31(29)32-22(5)18-25-33-34(37(46)43(35(25)39-32)27-15-11-10-13-24(27)21(3)4)40(7)36(45)28-20-41(30(44)9-2)23(6)19-42(28)33/h8-16,18,21,23,28H,1-2,17,19-20H2,3-7H3/t23-,28-/m1/s1. The third-order valence-electron chi connectivity index (χ3n) is 9.09. The van der Waals surface area contributed by atoms with Gasteiger partial charge in [0.25, 0.3) is 11.5 Å². The number of piperazine rings is 1. The number of rotatable bonds is 7. The van der Waals surface area contributed by atoms with Crippen molar-refractivity contribution in [3.8, 4) is 22.7 Å². The van der Waals surface area contributed by atoms with Gasteiger partial charge in [0.05, 0.1) is 29.2 Å². The lowest BCUT2D eigenvalue weighted by Gasteiger charge is -2.49. The third kappa shape index (κ3) is 5.08. The van der Waals surface area contributed by atoms with Crippen LogP contribution in [0.5, 0.6) is 5.75 Å². The lowest BCUT2D eigenvalue weighted by Crippen LogP contribution is -2.66. The molecular formula is C37H38FN5O4. The third-order valence-corrected chi connectivity index (χ3v) is 9.09. The van der Waals surface area contributed by atoms with Crippen molar-refractivity contribution < 1.29 is 18.7 Å². The Hall–Kier alpha value is -5.25. The highest BCUT2D eigenvalue weighted by molar-refractivity contribution is 6.12. The molecule has 242 valence electrons. The predicted octanol–water partition coefficient (Wildman–Crippen LogP) is 5.76. The van der Waals surface area contributed by atoms with Crippen LogP contribution in [0.15, 0.2) is 78.6 Å². The topological polar surface area (TPSA) is 88.0 Å². The number of anilines is 2. The van der Waals surface area contributed by atoms with E-state index in [4.69, 9.17) is 9.72 Å². The molecule has 2 aromatic heterocycles. The van der Waals surface area contributed by atoms with Crippen LogP contribution in [0.1, 0.15) is 37.8 Å². The second-order valence-electron chi connectivity index (χ2n) is 12.4. The van der Waals surface area contributed by atoms with E-state index in [1.54, 1.807) is 34.7 Å². The minimum absolute atomic E-state index is 0.0552. The van der Waals surface area contributed by atoms with Crippen molar-refractivity contribution in [1.82, 2.24) is 14.5 Å². The number of fused-ring (bicyclic) bond motifs is 5. The number of amides is 2. The summed E-state index contributed by atoms with van der Waals surface area (Å²) in [4.78, 5) is 51.6. The Morgan fingerprint density at radius 2 is 1.85 bits per heavy atom. The van der Waals surface area contributed by atoms with Crippen molar-refractivity contribution in [3.63, 3.8) is 0 Å². The Kier molecular flexibility index (Phi) is 8.21. The molecule has 0 radical (unpaired) electrons. The van der Waals surface area contributed by atoms with E-state index in [0.717, 1.165) is 5.56 Å². The van der Waals surface area contributed by atoms with Gasteiger partial charge in [0.1, 0.15) is 35.6 Å². The fourth-order valence-electron chi connectivity index (χ4n) is 6.82. The number of hydrogen-bond donors (Lipinski definition) is 0. The van der Waals surface area contributed by atoms with Crippen molar-refractivity contribution in [1.29, 1.82) is 0 Å². The fraction of sp³-hybridized carbons (Fsp3) is 0.297. The van der Waals surface area contributed by atoms with Crippen molar-refractivity contribution in [2.24, 2.45) is 0 Å². The number of likely N-dealkylation sites (N-methyl/N-ethyl adjacent to an activating group) is 1. The van der Waals surface area contributed by atoms with Crippen LogP contribution in [0.2, 0.25) is 0 Å². The minimum Gasteiger partial charge on any atom is -0.489 e. The summed E-state index contributed by atoms with van der Waals surface area (Å²) in [5.41, 5.74) is 3.37. The van der Waals surface area contributed by atoms with E-state index in [2.05, 4.69) is 13.2 Å². The zero-order valence-corrected chi connectivity index (χ0v) is 27.3. The molecule has 1 fully saturated rings. The fourth-order valence-corrected chi connectivity index (χ4v) is 6.82. The van der Waals surface area contributed by atoms with E-state index >= 15 is 4.39 Å². The molecule has 0 N–H and O–H groups in total. The van der Waals surface area contributed by atoms with E-state index in [1.165, 1.54) is 17.0 Å². The smallest absolute Gasteiger partial charge is 0.282 e. The summed E-state index contributed by atoms with van der Waals surface area (Å²) < 4.78 is 23.1. The Morgan fingerprint density at radius 1 is 1.11 bits per heavy atom. The van der Waals surface area contributed by atoms with Crippen LogP contribution in [0.4, 0.5) is 15.8 Å². The van der Waals surface area contributed by atoms with Crippen LogP contribution in [0.3, 0.4) is 0 Å². The quantitative estimate of drug-likeness (QED) is 0.190. The molecule has 0 spiro atoms. The highest BCUT2D eigenvalue weighted by Gasteiger charge is 2.46. The first-order valence-corrected chi connectivity index (χ1v) is 15.7. The Labute approximate surface area is 273 Å². The average Bonchev–Trinajstić information content (AvgIpc) is 3.05. The first kappa shape index (κ1) is 31.7. The van der Waals surface area contributed by atoms with Gasteiger partial charge in [-0.25, -0.2) is 9.37 Å². The van der Waals surface area contributed by atoms with E-state index in [9.17, 15) is 14.4 Å². The molecule has 2 atom stereocenters. The predicted molar refractivity (Wildman–Crippen MR) is 183 cm³/mol. The molecule has 47 heavy (non-hydrogen) atoms. The zero-order valence-electron chi connectivity index (χ0n) is 27.3. The monoisotopic (exact) mass is 635 g/mol. The van der Waals surface area contributed by atoms with E-state index in [0.29, 0.717) is 46.0 Å². The van der Waals surface area contributed by atoms with Gasteiger partial charge in [-0.2, -0.15) is 0 Å². The van der Waals surface area contributed by atoms with Gasteiger partial charge in [-0.15, -0.1) is 0 Å². The van der Waals surface area contributed by atoms with Gasteiger partial charge in [-0.05, 0) is 61.2 Å².